The molecule has 1 N–H and O–H groups in total. The van der Waals surface area contributed by atoms with Crippen LogP contribution in [0.3, 0.4) is 0 Å². The van der Waals surface area contributed by atoms with Crippen LogP contribution in [0.4, 0.5) is 0 Å². The van der Waals surface area contributed by atoms with Crippen molar-refractivity contribution in [2.24, 2.45) is 5.41 Å². The van der Waals surface area contributed by atoms with Crippen molar-refractivity contribution in [2.45, 2.75) is 40.5 Å². The van der Waals surface area contributed by atoms with Gasteiger partial charge in [0.2, 0.25) is 0 Å². The van der Waals surface area contributed by atoms with Crippen molar-refractivity contribution in [3.63, 3.8) is 0 Å². The summed E-state index contributed by atoms with van der Waals surface area (Å²) in [6, 6.07) is 6.57. The molecular weight excluding hydrogens is 278 g/mol. The number of carboxylic acid groups (broad SMARTS) is 1. The minimum Gasteiger partial charge on any atom is -0.494 e. The van der Waals surface area contributed by atoms with Crippen LogP contribution >= 0.6 is 0 Å². The molecule has 0 saturated heterocycles. The number of benzene rings is 1. The highest BCUT2D eigenvalue weighted by Crippen LogP contribution is 2.26. The summed E-state index contributed by atoms with van der Waals surface area (Å²) in [7, 11) is 0. The number of hydrogen-bond acceptors (Lipinski definition) is 3. The Kier molecular flexibility index (Phi) is 7.39. The van der Waals surface area contributed by atoms with Crippen LogP contribution in [0.2, 0.25) is 0 Å². The van der Waals surface area contributed by atoms with E-state index in [1.54, 1.807) is 24.3 Å². The maximum Gasteiger partial charge on any atom is 0.335 e. The normalized spacial score (nSPS) is 11.7. The Morgan fingerprint density at radius 1 is 1.14 bits per heavy atom. The van der Waals surface area contributed by atoms with Gasteiger partial charge in [-0.05, 0) is 62.2 Å². The predicted octanol–water partition coefficient (Wildman–Crippen LogP) is 3.91. The Hall–Kier alpha value is -1.55. The van der Waals surface area contributed by atoms with Crippen molar-refractivity contribution < 1.29 is 14.6 Å². The second kappa shape index (κ2) is 8.79. The molecule has 4 heteroatoms. The van der Waals surface area contributed by atoms with Crippen LogP contribution in [0.25, 0.3) is 0 Å². The second-order valence-electron chi connectivity index (χ2n) is 6.37. The molecule has 0 spiro atoms. The van der Waals surface area contributed by atoms with Crippen molar-refractivity contribution in [3.8, 4) is 5.75 Å². The summed E-state index contributed by atoms with van der Waals surface area (Å²) < 4.78 is 5.73. The summed E-state index contributed by atoms with van der Waals surface area (Å²) >= 11 is 0. The molecule has 1 aromatic carbocycles. The minimum atomic E-state index is -0.913. The molecule has 0 aliphatic rings. The maximum atomic E-state index is 10.8. The Bertz CT molecular complexity index is 450. The van der Waals surface area contributed by atoms with E-state index in [1.165, 1.54) is 0 Å². The molecule has 22 heavy (non-hydrogen) atoms. The lowest BCUT2D eigenvalue weighted by atomic mass is 9.86. The number of aromatic carboxylic acids is 1. The zero-order valence-electron chi connectivity index (χ0n) is 14.3. The summed E-state index contributed by atoms with van der Waals surface area (Å²) in [6.45, 7) is 12.9. The predicted molar refractivity (Wildman–Crippen MR) is 89.7 cm³/mol. The van der Waals surface area contributed by atoms with E-state index in [2.05, 4.69) is 32.6 Å². The van der Waals surface area contributed by atoms with Gasteiger partial charge in [-0.25, -0.2) is 4.79 Å². The van der Waals surface area contributed by atoms with Crippen molar-refractivity contribution in [2.75, 3.05) is 26.2 Å². The first-order chi connectivity index (χ1) is 10.4. The van der Waals surface area contributed by atoms with Gasteiger partial charge in [0.1, 0.15) is 5.75 Å². The molecule has 0 aliphatic heterocycles. The van der Waals surface area contributed by atoms with Gasteiger partial charge in [0.15, 0.2) is 0 Å². The molecule has 0 fully saturated rings. The van der Waals surface area contributed by atoms with E-state index in [4.69, 9.17) is 9.84 Å². The Labute approximate surface area is 134 Å². The molecule has 1 aromatic rings. The van der Waals surface area contributed by atoms with Gasteiger partial charge < -0.3 is 14.7 Å². The minimum absolute atomic E-state index is 0.240. The molecule has 0 amide bonds. The fraction of sp³-hybridized carbons (Fsp3) is 0.611. The smallest absolute Gasteiger partial charge is 0.335 e. The number of nitrogens with zero attached hydrogens (tertiary/aromatic N) is 1. The zero-order chi connectivity index (χ0) is 16.6. The van der Waals surface area contributed by atoms with E-state index >= 15 is 0 Å². The van der Waals surface area contributed by atoms with Crippen molar-refractivity contribution >= 4 is 5.97 Å². The standard InChI is InChI=1S/C18H29NO3/c1-5-19(6-2)13-11-18(3,4)12-14-22-16-9-7-15(8-10-16)17(20)21/h7-10H,5-6,11-14H2,1-4H3,(H,20,21). The van der Waals surface area contributed by atoms with Gasteiger partial charge in [-0.15, -0.1) is 0 Å². The Morgan fingerprint density at radius 2 is 1.73 bits per heavy atom. The van der Waals surface area contributed by atoms with Crippen LogP contribution in [-0.4, -0.2) is 42.2 Å². The lowest BCUT2D eigenvalue weighted by molar-refractivity contribution is 0.0697. The van der Waals surface area contributed by atoms with Crippen LogP contribution in [-0.2, 0) is 0 Å². The third-order valence-electron chi connectivity index (χ3n) is 4.15. The average molecular weight is 307 g/mol. The molecule has 0 radical (unpaired) electrons. The van der Waals surface area contributed by atoms with Crippen molar-refractivity contribution in [3.05, 3.63) is 29.8 Å². The van der Waals surface area contributed by atoms with Crippen LogP contribution < -0.4 is 4.74 Å². The molecule has 0 aromatic heterocycles. The van der Waals surface area contributed by atoms with Gasteiger partial charge in [-0.2, -0.15) is 0 Å². The molecule has 0 atom stereocenters. The zero-order valence-corrected chi connectivity index (χ0v) is 14.3. The lowest BCUT2D eigenvalue weighted by Crippen LogP contribution is -2.28. The van der Waals surface area contributed by atoms with Gasteiger partial charge in [0.25, 0.3) is 0 Å². The highest BCUT2D eigenvalue weighted by atomic mass is 16.5. The Balaban J connectivity index is 2.36. The summed E-state index contributed by atoms with van der Waals surface area (Å²) in [6.07, 6.45) is 2.13. The van der Waals surface area contributed by atoms with Gasteiger partial charge in [-0.1, -0.05) is 27.7 Å². The molecule has 0 bridgehead atoms. The Morgan fingerprint density at radius 3 is 2.23 bits per heavy atom. The third kappa shape index (κ3) is 6.48. The quantitative estimate of drug-likeness (QED) is 0.712. The first-order valence-electron chi connectivity index (χ1n) is 8.06. The monoisotopic (exact) mass is 307 g/mol. The van der Waals surface area contributed by atoms with E-state index < -0.39 is 5.97 Å². The summed E-state index contributed by atoms with van der Waals surface area (Å²) in [5.41, 5.74) is 0.524. The molecule has 124 valence electrons. The van der Waals surface area contributed by atoms with Gasteiger partial charge in [-0.3, -0.25) is 0 Å². The number of carboxylic acids is 1. The number of carbonyl (C=O) groups is 1. The van der Waals surface area contributed by atoms with Crippen LogP contribution in [0.15, 0.2) is 24.3 Å². The number of hydrogen-bond donors (Lipinski definition) is 1. The lowest BCUT2D eigenvalue weighted by Gasteiger charge is -2.28. The van der Waals surface area contributed by atoms with Crippen LogP contribution in [0.5, 0.6) is 5.75 Å². The summed E-state index contributed by atoms with van der Waals surface area (Å²) in [5.74, 6) is -0.186. The molecule has 0 aliphatic carbocycles. The summed E-state index contributed by atoms with van der Waals surface area (Å²) in [4.78, 5) is 13.2. The molecular formula is C18H29NO3. The first-order valence-corrected chi connectivity index (χ1v) is 8.06. The van der Waals surface area contributed by atoms with Gasteiger partial charge >= 0.3 is 5.97 Å². The highest BCUT2D eigenvalue weighted by Gasteiger charge is 2.18. The molecule has 4 nitrogen and oxygen atoms in total. The van der Waals surface area contributed by atoms with Crippen LogP contribution in [0, 0.1) is 5.41 Å². The van der Waals surface area contributed by atoms with E-state index in [1.807, 2.05) is 0 Å². The molecule has 1 rings (SSSR count). The van der Waals surface area contributed by atoms with Crippen molar-refractivity contribution in [1.82, 2.24) is 4.90 Å². The topological polar surface area (TPSA) is 49.8 Å². The largest absolute Gasteiger partial charge is 0.494 e. The maximum absolute atomic E-state index is 10.8. The van der Waals surface area contributed by atoms with E-state index in [0.29, 0.717) is 6.61 Å². The van der Waals surface area contributed by atoms with E-state index in [9.17, 15) is 4.79 Å². The van der Waals surface area contributed by atoms with Gasteiger partial charge in [0.05, 0.1) is 12.2 Å². The van der Waals surface area contributed by atoms with Crippen LogP contribution in [0.1, 0.15) is 50.9 Å². The van der Waals surface area contributed by atoms with Crippen molar-refractivity contribution in [1.29, 1.82) is 0 Å². The summed E-state index contributed by atoms with van der Waals surface area (Å²) in [5, 5.41) is 8.86. The third-order valence-corrected chi connectivity index (χ3v) is 4.15. The van der Waals surface area contributed by atoms with Gasteiger partial charge in [0, 0.05) is 0 Å². The van der Waals surface area contributed by atoms with E-state index in [0.717, 1.165) is 38.2 Å². The van der Waals surface area contributed by atoms with E-state index in [-0.39, 0.29) is 11.0 Å². The number of ether oxygens (including phenoxy) is 1. The average Bonchev–Trinajstić information content (AvgIpc) is 2.48. The highest BCUT2D eigenvalue weighted by molar-refractivity contribution is 5.87. The fourth-order valence-electron chi connectivity index (χ4n) is 2.26. The second-order valence-corrected chi connectivity index (χ2v) is 6.37. The molecule has 0 saturated carbocycles. The first kappa shape index (κ1) is 18.5. The SMILES string of the molecule is CCN(CC)CCC(C)(C)CCOc1ccc(C(=O)O)cc1. The molecule has 0 heterocycles. The molecule has 0 unspecified atom stereocenters. The number of rotatable bonds is 10. The fourth-order valence-corrected chi connectivity index (χ4v) is 2.26.